The number of nitrogens with zero attached hydrogens (tertiary/aromatic N) is 2. The third-order valence-corrected chi connectivity index (χ3v) is 5.53. The number of fused-ring (bicyclic) bond motifs is 1. The van der Waals surface area contributed by atoms with Crippen LogP contribution in [0.15, 0.2) is 23.1 Å². The van der Waals surface area contributed by atoms with Crippen molar-refractivity contribution >= 4 is 27.6 Å². The summed E-state index contributed by atoms with van der Waals surface area (Å²) in [7, 11) is -3.68. The van der Waals surface area contributed by atoms with Crippen LogP contribution in [0.3, 0.4) is 0 Å². The van der Waals surface area contributed by atoms with Crippen LogP contribution >= 0.6 is 0 Å². The summed E-state index contributed by atoms with van der Waals surface area (Å²) in [6.07, 6.45) is 0. The molecule has 1 aliphatic heterocycles. The van der Waals surface area contributed by atoms with Crippen LogP contribution in [-0.2, 0) is 19.6 Å². The number of carboxylic acids is 1. The van der Waals surface area contributed by atoms with Gasteiger partial charge in [-0.1, -0.05) is 13.8 Å². The quantitative estimate of drug-likeness (QED) is 0.594. The average Bonchev–Trinajstić information content (AvgIpc) is 2.47. The normalized spacial score (nSPS) is 14.6. The van der Waals surface area contributed by atoms with Crippen LogP contribution in [0.4, 0.5) is 5.69 Å². The summed E-state index contributed by atoms with van der Waals surface area (Å²) in [4.78, 5) is 23.8. The molecule has 0 amide bonds. The minimum Gasteiger partial charge on any atom is -0.480 e. The highest BCUT2D eigenvalue weighted by Gasteiger charge is 2.29. The first-order chi connectivity index (χ1) is 10.8. The Kier molecular flexibility index (Phi) is 4.90. The fourth-order valence-corrected chi connectivity index (χ4v) is 3.88. The number of sulfonamides is 1. The highest BCUT2D eigenvalue weighted by molar-refractivity contribution is 7.89. The Morgan fingerprint density at radius 1 is 1.35 bits per heavy atom. The maximum Gasteiger partial charge on any atom is 0.331 e. The van der Waals surface area contributed by atoms with Crippen LogP contribution in [-0.4, -0.2) is 55.9 Å². The lowest BCUT2D eigenvalue weighted by molar-refractivity contribution is -0.136. The van der Waals surface area contributed by atoms with E-state index in [1.54, 1.807) is 13.8 Å². The van der Waals surface area contributed by atoms with E-state index in [0.29, 0.717) is 13.1 Å². The van der Waals surface area contributed by atoms with Crippen LogP contribution in [0.5, 0.6) is 5.75 Å². The summed E-state index contributed by atoms with van der Waals surface area (Å²) < 4.78 is 31.5. The summed E-state index contributed by atoms with van der Waals surface area (Å²) in [5.41, 5.74) is 0.278. The van der Waals surface area contributed by atoms with Crippen molar-refractivity contribution in [3.8, 4) is 5.75 Å². The number of rotatable bonds is 6. The topological polar surface area (TPSA) is 104 Å². The number of carboxylic acid groups (broad SMARTS) is 1. The molecule has 1 heterocycles. The highest BCUT2D eigenvalue weighted by Crippen LogP contribution is 2.34. The first-order valence-corrected chi connectivity index (χ1v) is 8.55. The zero-order valence-electron chi connectivity index (χ0n) is 12.9. The third kappa shape index (κ3) is 3.45. The summed E-state index contributed by atoms with van der Waals surface area (Å²) in [5, 5.41) is 8.95. The van der Waals surface area contributed by atoms with Gasteiger partial charge < -0.3 is 14.7 Å². The Balaban J connectivity index is 2.48. The molecule has 0 unspecified atom stereocenters. The van der Waals surface area contributed by atoms with E-state index in [1.807, 2.05) is 0 Å². The van der Waals surface area contributed by atoms with E-state index in [-0.39, 0.29) is 22.9 Å². The van der Waals surface area contributed by atoms with Crippen LogP contribution in [0, 0.1) is 0 Å². The Morgan fingerprint density at radius 3 is 2.57 bits per heavy atom. The number of hydrogen-bond acceptors (Lipinski definition) is 6. The average molecular weight is 342 g/mol. The molecule has 23 heavy (non-hydrogen) atoms. The summed E-state index contributed by atoms with van der Waals surface area (Å²) in [6, 6.07) is 4.07. The van der Waals surface area contributed by atoms with Gasteiger partial charge in [0.2, 0.25) is 10.0 Å². The molecule has 1 aromatic carbocycles. The molecule has 0 saturated heterocycles. The molecule has 126 valence electrons. The van der Waals surface area contributed by atoms with Gasteiger partial charge in [-0.2, -0.15) is 4.31 Å². The van der Waals surface area contributed by atoms with Gasteiger partial charge in [0.1, 0.15) is 13.1 Å². The standard InChI is InChI=1S/C14H18N2O6S/c1-3-16(4-2)23(20,21)10-5-6-12-11(7-10)15(8-13(17)18)9-14(19)22-12/h5-7H,3-4,8-9H2,1-2H3,(H,17,18). The van der Waals surface area contributed by atoms with Gasteiger partial charge in [0.25, 0.3) is 0 Å². The van der Waals surface area contributed by atoms with Crippen molar-refractivity contribution in [1.29, 1.82) is 0 Å². The molecule has 0 fully saturated rings. The monoisotopic (exact) mass is 342 g/mol. The number of hydrogen-bond donors (Lipinski definition) is 1. The molecule has 9 heteroatoms. The number of carbonyl (C=O) groups excluding carboxylic acids is 1. The predicted molar refractivity (Wildman–Crippen MR) is 82.0 cm³/mol. The number of ether oxygens (including phenoxy) is 1. The lowest BCUT2D eigenvalue weighted by Crippen LogP contribution is -2.40. The minimum atomic E-state index is -3.68. The molecule has 2 rings (SSSR count). The van der Waals surface area contributed by atoms with Crippen LogP contribution in [0.2, 0.25) is 0 Å². The van der Waals surface area contributed by atoms with Crippen molar-refractivity contribution < 1.29 is 27.9 Å². The molecule has 0 spiro atoms. The van der Waals surface area contributed by atoms with E-state index in [9.17, 15) is 18.0 Å². The van der Waals surface area contributed by atoms with Crippen molar-refractivity contribution in [2.24, 2.45) is 0 Å². The maximum atomic E-state index is 12.6. The van der Waals surface area contributed by atoms with Gasteiger partial charge in [-0.15, -0.1) is 0 Å². The number of carbonyl (C=O) groups is 2. The molecular formula is C14H18N2O6S. The first kappa shape index (κ1) is 17.2. The van der Waals surface area contributed by atoms with Gasteiger partial charge in [0.05, 0.1) is 10.6 Å². The van der Waals surface area contributed by atoms with E-state index in [0.717, 1.165) is 0 Å². The Labute approximate surface area is 134 Å². The zero-order chi connectivity index (χ0) is 17.2. The molecule has 1 N–H and O–H groups in total. The Bertz CT molecular complexity index is 727. The van der Waals surface area contributed by atoms with E-state index in [2.05, 4.69) is 0 Å². The molecule has 0 aliphatic carbocycles. The summed E-state index contributed by atoms with van der Waals surface area (Å²) in [5.74, 6) is -1.55. The largest absolute Gasteiger partial charge is 0.480 e. The molecular weight excluding hydrogens is 324 g/mol. The molecule has 0 radical (unpaired) electrons. The van der Waals surface area contributed by atoms with E-state index >= 15 is 0 Å². The minimum absolute atomic E-state index is 0.0355. The van der Waals surface area contributed by atoms with Crippen LogP contribution < -0.4 is 9.64 Å². The second-order valence-corrected chi connectivity index (χ2v) is 6.88. The zero-order valence-corrected chi connectivity index (χ0v) is 13.7. The molecule has 1 aliphatic rings. The molecule has 0 aromatic heterocycles. The van der Waals surface area contributed by atoms with Crippen molar-refractivity contribution in [2.75, 3.05) is 31.1 Å². The van der Waals surface area contributed by atoms with Crippen molar-refractivity contribution in [1.82, 2.24) is 4.31 Å². The second-order valence-electron chi connectivity index (χ2n) is 4.94. The summed E-state index contributed by atoms with van der Waals surface area (Å²) >= 11 is 0. The van der Waals surface area contributed by atoms with Crippen molar-refractivity contribution in [3.05, 3.63) is 18.2 Å². The molecule has 0 bridgehead atoms. The Morgan fingerprint density at radius 2 is 2.00 bits per heavy atom. The van der Waals surface area contributed by atoms with Crippen LogP contribution in [0.1, 0.15) is 13.8 Å². The SMILES string of the molecule is CCN(CC)S(=O)(=O)c1ccc2c(c1)N(CC(=O)O)CC(=O)O2. The van der Waals surface area contributed by atoms with E-state index in [4.69, 9.17) is 9.84 Å². The van der Waals surface area contributed by atoms with Gasteiger partial charge in [-0.3, -0.25) is 4.79 Å². The van der Waals surface area contributed by atoms with Gasteiger partial charge in [0.15, 0.2) is 5.75 Å². The smallest absolute Gasteiger partial charge is 0.331 e. The molecule has 0 atom stereocenters. The third-order valence-electron chi connectivity index (χ3n) is 3.48. The van der Waals surface area contributed by atoms with Crippen LogP contribution in [0.25, 0.3) is 0 Å². The predicted octanol–water partition coefficient (Wildman–Crippen LogP) is 0.527. The Hall–Kier alpha value is -2.13. The number of aliphatic carboxylic acids is 1. The second kappa shape index (κ2) is 6.55. The lowest BCUT2D eigenvalue weighted by Gasteiger charge is -2.29. The number of anilines is 1. The van der Waals surface area contributed by atoms with Crippen molar-refractivity contribution in [2.45, 2.75) is 18.7 Å². The molecule has 0 saturated carbocycles. The summed E-state index contributed by atoms with van der Waals surface area (Å²) in [6.45, 7) is 3.45. The fraction of sp³-hybridized carbons (Fsp3) is 0.429. The molecule has 8 nitrogen and oxygen atoms in total. The van der Waals surface area contributed by atoms with E-state index in [1.165, 1.54) is 27.4 Å². The van der Waals surface area contributed by atoms with Crippen molar-refractivity contribution in [3.63, 3.8) is 0 Å². The fourth-order valence-electron chi connectivity index (χ4n) is 2.40. The van der Waals surface area contributed by atoms with Gasteiger partial charge >= 0.3 is 11.9 Å². The number of esters is 1. The van der Waals surface area contributed by atoms with Gasteiger partial charge in [0, 0.05) is 13.1 Å². The van der Waals surface area contributed by atoms with E-state index < -0.39 is 28.5 Å². The molecule has 1 aromatic rings. The number of benzene rings is 1. The maximum absolute atomic E-state index is 12.6. The highest BCUT2D eigenvalue weighted by atomic mass is 32.2. The van der Waals surface area contributed by atoms with Gasteiger partial charge in [-0.05, 0) is 18.2 Å². The van der Waals surface area contributed by atoms with Gasteiger partial charge in [-0.25, -0.2) is 13.2 Å². The lowest BCUT2D eigenvalue weighted by atomic mass is 10.2. The first-order valence-electron chi connectivity index (χ1n) is 7.11.